The zero-order valence-corrected chi connectivity index (χ0v) is 9.80. The van der Waals surface area contributed by atoms with E-state index in [0.717, 1.165) is 0 Å². The van der Waals surface area contributed by atoms with Gasteiger partial charge in [0.25, 0.3) is 0 Å². The average molecular weight is 227 g/mol. The van der Waals surface area contributed by atoms with Crippen LogP contribution in [-0.2, 0) is 4.74 Å². The molecule has 7 heteroatoms. The molecule has 0 amide bonds. The van der Waals surface area contributed by atoms with Crippen molar-refractivity contribution >= 4 is 11.9 Å². The average Bonchev–Trinajstić information content (AvgIpc) is 2.23. The van der Waals surface area contributed by atoms with Gasteiger partial charge in [0.15, 0.2) is 0 Å². The number of aromatic nitrogens is 3. The topological polar surface area (TPSA) is 86.4 Å². The van der Waals surface area contributed by atoms with Crippen molar-refractivity contribution in [1.29, 1.82) is 0 Å². The lowest BCUT2D eigenvalue weighted by atomic mass is 10.7. The lowest BCUT2D eigenvalue weighted by Crippen LogP contribution is -2.16. The summed E-state index contributed by atoms with van der Waals surface area (Å²) in [4.78, 5) is 13.6. The molecule has 0 aromatic carbocycles. The minimum absolute atomic E-state index is 0.144. The Balaban J connectivity index is 2.58. The molecule has 0 spiro atoms. The summed E-state index contributed by atoms with van der Waals surface area (Å²) < 4.78 is 10.4. The first-order valence-electron chi connectivity index (χ1n) is 5.03. The van der Waals surface area contributed by atoms with E-state index in [1.807, 2.05) is 21.0 Å². The molecule has 90 valence electrons. The fraction of sp³-hybridized carbons (Fsp3) is 0.667. The Hall–Kier alpha value is -1.63. The van der Waals surface area contributed by atoms with Gasteiger partial charge in [-0.2, -0.15) is 15.0 Å². The molecule has 0 saturated carbocycles. The van der Waals surface area contributed by atoms with Crippen LogP contribution in [0.4, 0.5) is 11.9 Å². The van der Waals surface area contributed by atoms with Crippen LogP contribution in [0, 0.1) is 0 Å². The molecule has 1 heterocycles. The second kappa shape index (κ2) is 6.06. The molecule has 1 rings (SSSR count). The summed E-state index contributed by atoms with van der Waals surface area (Å²) in [6, 6.07) is 0.218. The van der Waals surface area contributed by atoms with Gasteiger partial charge in [0.2, 0.25) is 11.9 Å². The molecule has 16 heavy (non-hydrogen) atoms. The van der Waals surface area contributed by atoms with Crippen molar-refractivity contribution in [2.24, 2.45) is 0 Å². The Labute approximate surface area is 94.6 Å². The van der Waals surface area contributed by atoms with Gasteiger partial charge in [0.1, 0.15) is 6.61 Å². The van der Waals surface area contributed by atoms with Crippen molar-refractivity contribution in [3.05, 3.63) is 0 Å². The number of anilines is 2. The molecule has 1 aromatic heterocycles. The largest absolute Gasteiger partial charge is 0.461 e. The molecule has 1 aromatic rings. The van der Waals surface area contributed by atoms with Crippen LogP contribution in [-0.4, -0.2) is 48.9 Å². The maximum atomic E-state index is 5.53. The smallest absolute Gasteiger partial charge is 0.323 e. The summed E-state index contributed by atoms with van der Waals surface area (Å²) in [5, 5.41) is 0. The van der Waals surface area contributed by atoms with E-state index in [4.69, 9.17) is 15.2 Å². The summed E-state index contributed by atoms with van der Waals surface area (Å²) in [6.45, 7) is 3.47. The third kappa shape index (κ3) is 3.85. The van der Waals surface area contributed by atoms with Crippen molar-refractivity contribution in [3.8, 4) is 6.01 Å². The van der Waals surface area contributed by atoms with Crippen LogP contribution in [0.25, 0.3) is 0 Å². The van der Waals surface area contributed by atoms with Crippen molar-refractivity contribution in [2.75, 3.05) is 44.5 Å². The minimum Gasteiger partial charge on any atom is -0.461 e. The van der Waals surface area contributed by atoms with Gasteiger partial charge in [0.05, 0.1) is 6.61 Å². The molecular weight excluding hydrogens is 210 g/mol. The molecule has 0 aliphatic heterocycles. The van der Waals surface area contributed by atoms with Crippen LogP contribution >= 0.6 is 0 Å². The molecule has 0 fully saturated rings. The number of nitrogens with zero attached hydrogens (tertiary/aromatic N) is 4. The first kappa shape index (κ1) is 12.4. The Morgan fingerprint density at radius 3 is 2.56 bits per heavy atom. The molecular formula is C9H17N5O2. The quantitative estimate of drug-likeness (QED) is 0.681. The van der Waals surface area contributed by atoms with Crippen LogP contribution in [0.3, 0.4) is 0 Å². The van der Waals surface area contributed by atoms with Gasteiger partial charge in [-0.3, -0.25) is 0 Å². The Morgan fingerprint density at radius 1 is 1.19 bits per heavy atom. The molecule has 0 bridgehead atoms. The number of nitrogens with two attached hydrogens (primary N) is 1. The minimum atomic E-state index is 0.144. The molecule has 0 atom stereocenters. The van der Waals surface area contributed by atoms with Gasteiger partial charge in [-0.05, 0) is 6.92 Å². The molecule has 0 unspecified atom stereocenters. The van der Waals surface area contributed by atoms with Gasteiger partial charge in [-0.25, -0.2) is 0 Å². The highest BCUT2D eigenvalue weighted by Gasteiger charge is 2.06. The van der Waals surface area contributed by atoms with Crippen molar-refractivity contribution in [1.82, 2.24) is 15.0 Å². The van der Waals surface area contributed by atoms with Crippen molar-refractivity contribution in [3.63, 3.8) is 0 Å². The summed E-state index contributed by atoms with van der Waals surface area (Å²) >= 11 is 0. The predicted molar refractivity (Wildman–Crippen MR) is 60.6 cm³/mol. The van der Waals surface area contributed by atoms with E-state index >= 15 is 0 Å². The van der Waals surface area contributed by atoms with Gasteiger partial charge in [-0.1, -0.05) is 0 Å². The Bertz CT molecular complexity index is 332. The Kier molecular flexibility index (Phi) is 4.71. The number of hydrogen-bond acceptors (Lipinski definition) is 7. The summed E-state index contributed by atoms with van der Waals surface area (Å²) in [5.41, 5.74) is 5.53. The van der Waals surface area contributed by atoms with Crippen LogP contribution in [0.15, 0.2) is 0 Å². The molecule has 7 nitrogen and oxygen atoms in total. The summed E-state index contributed by atoms with van der Waals surface area (Å²) in [6.07, 6.45) is 0. The SMILES string of the molecule is CCOCCOc1nc(N)nc(N(C)C)n1. The standard InChI is InChI=1S/C9H17N5O2/c1-4-15-5-6-16-9-12-7(10)11-8(13-9)14(2)3/h4-6H2,1-3H3,(H2,10,11,12,13). The third-order valence-electron chi connectivity index (χ3n) is 1.68. The number of nitrogen functional groups attached to an aromatic ring is 1. The van der Waals surface area contributed by atoms with Gasteiger partial charge in [0, 0.05) is 20.7 Å². The Morgan fingerprint density at radius 2 is 1.94 bits per heavy atom. The van der Waals surface area contributed by atoms with Crippen molar-refractivity contribution < 1.29 is 9.47 Å². The van der Waals surface area contributed by atoms with Crippen LogP contribution in [0.5, 0.6) is 6.01 Å². The normalized spacial score (nSPS) is 10.2. The van der Waals surface area contributed by atoms with E-state index in [9.17, 15) is 0 Å². The number of rotatable bonds is 6. The van der Waals surface area contributed by atoms with E-state index in [2.05, 4.69) is 15.0 Å². The fourth-order valence-electron chi connectivity index (χ4n) is 0.962. The van der Waals surface area contributed by atoms with Crippen LogP contribution in [0.2, 0.25) is 0 Å². The lowest BCUT2D eigenvalue weighted by molar-refractivity contribution is 0.106. The molecule has 0 saturated heterocycles. The fourth-order valence-corrected chi connectivity index (χ4v) is 0.962. The maximum Gasteiger partial charge on any atom is 0.323 e. The van der Waals surface area contributed by atoms with E-state index in [1.54, 1.807) is 4.90 Å². The number of hydrogen-bond donors (Lipinski definition) is 1. The van der Waals surface area contributed by atoms with E-state index < -0.39 is 0 Å². The number of ether oxygens (including phenoxy) is 2. The van der Waals surface area contributed by atoms with E-state index in [-0.39, 0.29) is 12.0 Å². The highest BCUT2D eigenvalue weighted by atomic mass is 16.5. The van der Waals surface area contributed by atoms with Gasteiger partial charge < -0.3 is 20.1 Å². The lowest BCUT2D eigenvalue weighted by Gasteiger charge is -2.11. The molecule has 0 radical (unpaired) electrons. The molecule has 0 aliphatic carbocycles. The highest BCUT2D eigenvalue weighted by Crippen LogP contribution is 2.10. The second-order valence-corrected chi connectivity index (χ2v) is 3.22. The third-order valence-corrected chi connectivity index (χ3v) is 1.68. The van der Waals surface area contributed by atoms with Crippen LogP contribution in [0.1, 0.15) is 6.92 Å². The van der Waals surface area contributed by atoms with Crippen molar-refractivity contribution in [2.45, 2.75) is 6.92 Å². The second-order valence-electron chi connectivity index (χ2n) is 3.22. The maximum absolute atomic E-state index is 5.53. The molecule has 2 N–H and O–H groups in total. The van der Waals surface area contributed by atoms with Gasteiger partial charge in [-0.15, -0.1) is 0 Å². The predicted octanol–water partition coefficient (Wildman–Crippen LogP) is -0.0649. The molecule has 0 aliphatic rings. The highest BCUT2D eigenvalue weighted by molar-refractivity contribution is 5.33. The monoisotopic (exact) mass is 227 g/mol. The zero-order valence-electron chi connectivity index (χ0n) is 9.80. The summed E-state index contributed by atoms with van der Waals surface area (Å²) in [7, 11) is 3.64. The first-order valence-corrected chi connectivity index (χ1v) is 5.03. The van der Waals surface area contributed by atoms with E-state index in [0.29, 0.717) is 25.8 Å². The summed E-state index contributed by atoms with van der Waals surface area (Å²) in [5.74, 6) is 0.615. The zero-order chi connectivity index (χ0) is 12.0. The van der Waals surface area contributed by atoms with Gasteiger partial charge >= 0.3 is 6.01 Å². The van der Waals surface area contributed by atoms with E-state index in [1.165, 1.54) is 0 Å². The van der Waals surface area contributed by atoms with Crippen LogP contribution < -0.4 is 15.4 Å². The first-order chi connectivity index (χ1) is 7.63.